The van der Waals surface area contributed by atoms with Crippen molar-refractivity contribution in [2.75, 3.05) is 0 Å². The largest absolute Gasteiger partial charge is 0.327 e. The van der Waals surface area contributed by atoms with Crippen LogP contribution >= 0.6 is 0 Å². The molecular weight excluding hydrogens is 382 g/mol. The average molecular weight is 412 g/mol. The zero-order valence-corrected chi connectivity index (χ0v) is 18.5. The van der Waals surface area contributed by atoms with E-state index in [1.807, 2.05) is 66.4 Å². The first-order valence-corrected chi connectivity index (χ1v) is 10.9. The van der Waals surface area contributed by atoms with Gasteiger partial charge in [-0.05, 0) is 61.2 Å². The molecule has 0 saturated carbocycles. The number of carbonyl (C=O) groups is 1. The maximum absolute atomic E-state index is 13.6. The number of carbonyl (C=O) groups excluding carboxylic acids is 1. The molecule has 1 heterocycles. The molecule has 0 fully saturated rings. The van der Waals surface area contributed by atoms with Gasteiger partial charge < -0.3 is 9.47 Å². The Hall–Kier alpha value is -3.40. The van der Waals surface area contributed by atoms with Gasteiger partial charge in [-0.2, -0.15) is 0 Å². The van der Waals surface area contributed by atoms with E-state index in [-0.39, 0.29) is 5.91 Å². The van der Waals surface area contributed by atoms with Crippen molar-refractivity contribution in [3.63, 3.8) is 0 Å². The lowest BCUT2D eigenvalue weighted by atomic mass is 10.1. The van der Waals surface area contributed by atoms with Gasteiger partial charge in [-0.3, -0.25) is 4.79 Å². The van der Waals surface area contributed by atoms with Gasteiger partial charge in [0.05, 0.1) is 17.6 Å². The van der Waals surface area contributed by atoms with Gasteiger partial charge in [0.2, 0.25) is 0 Å². The van der Waals surface area contributed by atoms with E-state index in [2.05, 4.69) is 36.6 Å². The minimum absolute atomic E-state index is 0.0297. The van der Waals surface area contributed by atoms with Gasteiger partial charge in [0.1, 0.15) is 5.82 Å². The third-order valence-electron chi connectivity index (χ3n) is 5.77. The highest BCUT2D eigenvalue weighted by atomic mass is 16.2. The van der Waals surface area contributed by atoms with Crippen LogP contribution in [-0.4, -0.2) is 20.4 Å². The zero-order chi connectivity index (χ0) is 21.8. The van der Waals surface area contributed by atoms with Crippen molar-refractivity contribution in [1.29, 1.82) is 0 Å². The number of amides is 1. The van der Waals surface area contributed by atoms with Crippen LogP contribution in [0.3, 0.4) is 0 Å². The van der Waals surface area contributed by atoms with E-state index in [1.165, 1.54) is 5.56 Å². The molecule has 1 amide bonds. The molecule has 158 valence electrons. The van der Waals surface area contributed by atoms with Crippen LogP contribution in [-0.2, 0) is 19.6 Å². The summed E-state index contributed by atoms with van der Waals surface area (Å²) in [6, 6.07) is 24.3. The van der Waals surface area contributed by atoms with Crippen molar-refractivity contribution in [2.45, 2.75) is 46.8 Å². The fourth-order valence-electron chi connectivity index (χ4n) is 3.95. The van der Waals surface area contributed by atoms with Crippen molar-refractivity contribution in [3.05, 3.63) is 101 Å². The molecule has 0 atom stereocenters. The first-order chi connectivity index (χ1) is 15.1. The monoisotopic (exact) mass is 411 g/mol. The molecule has 0 spiro atoms. The summed E-state index contributed by atoms with van der Waals surface area (Å²) >= 11 is 0. The molecule has 31 heavy (non-hydrogen) atoms. The number of hydrogen-bond donors (Lipinski definition) is 0. The first kappa shape index (κ1) is 20.9. The predicted molar refractivity (Wildman–Crippen MR) is 126 cm³/mol. The Morgan fingerprint density at radius 3 is 2.39 bits per heavy atom. The second-order valence-electron chi connectivity index (χ2n) is 8.11. The molecule has 3 aromatic carbocycles. The molecule has 0 radical (unpaired) electrons. The van der Waals surface area contributed by atoms with Crippen LogP contribution in [0.15, 0.2) is 72.8 Å². The summed E-state index contributed by atoms with van der Waals surface area (Å²) in [7, 11) is 0. The van der Waals surface area contributed by atoms with Crippen molar-refractivity contribution in [1.82, 2.24) is 14.5 Å². The van der Waals surface area contributed by atoms with Crippen molar-refractivity contribution in [3.8, 4) is 0 Å². The quantitative estimate of drug-likeness (QED) is 0.379. The molecule has 4 heteroatoms. The van der Waals surface area contributed by atoms with Crippen LogP contribution in [0.1, 0.15) is 46.2 Å². The number of rotatable bonds is 7. The maximum atomic E-state index is 13.6. The second kappa shape index (κ2) is 9.17. The average Bonchev–Trinajstić information content (AvgIpc) is 3.13. The van der Waals surface area contributed by atoms with Gasteiger partial charge in [0, 0.05) is 18.7 Å². The Labute approximate surface area is 184 Å². The number of fused-ring (bicyclic) bond motifs is 1. The summed E-state index contributed by atoms with van der Waals surface area (Å²) in [5.74, 6) is 0.957. The number of benzene rings is 3. The van der Waals surface area contributed by atoms with E-state index in [4.69, 9.17) is 4.98 Å². The number of nitrogens with zero attached hydrogens (tertiary/aromatic N) is 3. The highest BCUT2D eigenvalue weighted by molar-refractivity contribution is 5.94. The third-order valence-corrected chi connectivity index (χ3v) is 5.77. The van der Waals surface area contributed by atoms with Gasteiger partial charge >= 0.3 is 0 Å². The summed E-state index contributed by atoms with van der Waals surface area (Å²) in [5, 5.41) is 0. The van der Waals surface area contributed by atoms with E-state index in [9.17, 15) is 4.79 Å². The SMILES string of the molecule is CCCn1c(CN(Cc2ccccc2)C(=O)c2ccc(C)c(C)c2)nc2ccccc21. The lowest BCUT2D eigenvalue weighted by Gasteiger charge is -2.24. The first-order valence-electron chi connectivity index (χ1n) is 10.9. The summed E-state index contributed by atoms with van der Waals surface area (Å²) in [5.41, 5.74) is 6.25. The van der Waals surface area contributed by atoms with Crippen LogP contribution in [0, 0.1) is 13.8 Å². The molecule has 0 unspecified atom stereocenters. The van der Waals surface area contributed by atoms with E-state index in [0.717, 1.165) is 46.5 Å². The molecule has 4 nitrogen and oxygen atoms in total. The van der Waals surface area contributed by atoms with Crippen LogP contribution in [0.5, 0.6) is 0 Å². The van der Waals surface area contributed by atoms with Gasteiger partial charge in [0.25, 0.3) is 5.91 Å². The summed E-state index contributed by atoms with van der Waals surface area (Å²) in [4.78, 5) is 20.4. The Morgan fingerprint density at radius 2 is 1.65 bits per heavy atom. The van der Waals surface area contributed by atoms with E-state index in [0.29, 0.717) is 13.1 Å². The highest BCUT2D eigenvalue weighted by Crippen LogP contribution is 2.21. The van der Waals surface area contributed by atoms with Crippen LogP contribution in [0.25, 0.3) is 11.0 Å². The smallest absolute Gasteiger partial charge is 0.254 e. The number of aryl methyl sites for hydroxylation is 3. The van der Waals surface area contributed by atoms with Crippen LogP contribution in [0.4, 0.5) is 0 Å². The minimum Gasteiger partial charge on any atom is -0.327 e. The lowest BCUT2D eigenvalue weighted by Crippen LogP contribution is -2.31. The summed E-state index contributed by atoms with van der Waals surface area (Å²) in [6.07, 6.45) is 1.01. The number of imidazole rings is 1. The highest BCUT2D eigenvalue weighted by Gasteiger charge is 2.20. The van der Waals surface area contributed by atoms with Crippen LogP contribution in [0.2, 0.25) is 0 Å². The molecule has 0 aliphatic heterocycles. The van der Waals surface area contributed by atoms with Gasteiger partial charge in [0.15, 0.2) is 0 Å². The summed E-state index contributed by atoms with van der Waals surface area (Å²) in [6.45, 7) is 8.18. The Kier molecular flexibility index (Phi) is 6.17. The molecule has 0 saturated heterocycles. The molecule has 1 aromatic heterocycles. The minimum atomic E-state index is 0.0297. The number of aromatic nitrogens is 2. The van der Waals surface area contributed by atoms with Gasteiger partial charge in [-0.15, -0.1) is 0 Å². The zero-order valence-electron chi connectivity index (χ0n) is 18.5. The molecule has 4 rings (SSSR count). The van der Waals surface area contributed by atoms with Crippen molar-refractivity contribution < 1.29 is 4.79 Å². The van der Waals surface area contributed by atoms with E-state index < -0.39 is 0 Å². The number of para-hydroxylation sites is 2. The predicted octanol–water partition coefficient (Wildman–Crippen LogP) is 5.91. The molecule has 0 bridgehead atoms. The number of hydrogen-bond acceptors (Lipinski definition) is 2. The fraction of sp³-hybridized carbons (Fsp3) is 0.259. The lowest BCUT2D eigenvalue weighted by molar-refractivity contribution is 0.0723. The standard InChI is InChI=1S/C27H29N3O/c1-4-16-30-25-13-9-8-12-24(25)28-26(30)19-29(18-22-10-6-5-7-11-22)27(31)23-15-14-20(2)21(3)17-23/h5-15,17H,4,16,18-19H2,1-3H3. The van der Waals surface area contributed by atoms with Crippen molar-refractivity contribution in [2.24, 2.45) is 0 Å². The third kappa shape index (κ3) is 4.53. The van der Waals surface area contributed by atoms with Gasteiger partial charge in [-0.1, -0.05) is 55.5 Å². The van der Waals surface area contributed by atoms with Gasteiger partial charge in [-0.25, -0.2) is 4.98 Å². The fourth-order valence-corrected chi connectivity index (χ4v) is 3.95. The van der Waals surface area contributed by atoms with Crippen molar-refractivity contribution >= 4 is 16.9 Å². The molecule has 0 aliphatic rings. The Balaban J connectivity index is 1.72. The molecule has 0 aliphatic carbocycles. The Morgan fingerprint density at radius 1 is 0.903 bits per heavy atom. The second-order valence-corrected chi connectivity index (χ2v) is 8.11. The van der Waals surface area contributed by atoms with Crippen LogP contribution < -0.4 is 0 Å². The maximum Gasteiger partial charge on any atom is 0.254 e. The van der Waals surface area contributed by atoms with E-state index >= 15 is 0 Å². The molecular formula is C27H29N3O. The molecule has 4 aromatic rings. The molecule has 0 N–H and O–H groups in total. The topological polar surface area (TPSA) is 38.1 Å². The normalized spacial score (nSPS) is 11.1. The Bertz CT molecular complexity index is 1190. The van der Waals surface area contributed by atoms with E-state index in [1.54, 1.807) is 0 Å². The summed E-state index contributed by atoms with van der Waals surface area (Å²) < 4.78 is 2.25.